The zero-order valence-corrected chi connectivity index (χ0v) is 30.9. The van der Waals surface area contributed by atoms with Crippen molar-refractivity contribution in [2.75, 3.05) is 0 Å². The third-order valence-corrected chi connectivity index (χ3v) is 11.7. The summed E-state index contributed by atoms with van der Waals surface area (Å²) in [6.45, 7) is 0. The molecule has 10 aromatic rings. The zero-order valence-electron chi connectivity index (χ0n) is 30.9. The van der Waals surface area contributed by atoms with Gasteiger partial charge in [-0.3, -0.25) is 0 Å². The molecule has 0 bridgehead atoms. The Kier molecular flexibility index (Phi) is 7.67. The minimum Gasteiger partial charge on any atom is -0.309 e. The van der Waals surface area contributed by atoms with Gasteiger partial charge in [0.25, 0.3) is 0 Å². The molecule has 2 aromatic heterocycles. The summed E-state index contributed by atoms with van der Waals surface area (Å²) < 4.78 is 4.78. The standard InChI is InChI=1S/C54H38N2/c1-3-12-37(13-4-1)38-22-24-39(25-23-38)41-14-11-15-42(34-41)40-26-30-46(31-27-40)56-52-21-10-8-19-48(52)50-36-44(29-33-54(50)56)43-28-32-53-49(35-43)47-18-7-9-20-51(47)55(53)45-16-5-2-6-17-45/h1-12,14-37H,13H2. The van der Waals surface area contributed by atoms with E-state index in [1.54, 1.807) is 0 Å². The van der Waals surface area contributed by atoms with Crippen LogP contribution in [0.2, 0.25) is 0 Å². The summed E-state index contributed by atoms with van der Waals surface area (Å²) >= 11 is 0. The van der Waals surface area contributed by atoms with Crippen molar-refractivity contribution in [3.63, 3.8) is 0 Å². The van der Waals surface area contributed by atoms with E-state index in [2.05, 4.69) is 221 Å². The number of benzene rings is 8. The van der Waals surface area contributed by atoms with E-state index in [4.69, 9.17) is 0 Å². The maximum atomic E-state index is 2.41. The lowest BCUT2D eigenvalue weighted by atomic mass is 9.91. The van der Waals surface area contributed by atoms with Crippen molar-refractivity contribution >= 4 is 43.6 Å². The van der Waals surface area contributed by atoms with Gasteiger partial charge < -0.3 is 9.13 Å². The van der Waals surface area contributed by atoms with E-state index in [-0.39, 0.29) is 0 Å². The number of rotatable bonds is 6. The second kappa shape index (κ2) is 13.3. The van der Waals surface area contributed by atoms with Gasteiger partial charge in [-0.2, -0.15) is 0 Å². The average Bonchev–Trinajstić information content (AvgIpc) is 3.79. The molecule has 0 radical (unpaired) electrons. The van der Waals surface area contributed by atoms with Crippen LogP contribution < -0.4 is 0 Å². The first-order valence-electron chi connectivity index (χ1n) is 19.5. The van der Waals surface area contributed by atoms with Gasteiger partial charge in [0, 0.05) is 38.8 Å². The van der Waals surface area contributed by atoms with E-state index in [0.717, 1.165) is 12.1 Å². The van der Waals surface area contributed by atoms with Crippen molar-refractivity contribution in [3.05, 3.63) is 218 Å². The van der Waals surface area contributed by atoms with Gasteiger partial charge in [-0.15, -0.1) is 0 Å². The molecular weight excluding hydrogens is 677 g/mol. The van der Waals surface area contributed by atoms with Crippen LogP contribution in [0.25, 0.3) is 88.4 Å². The highest BCUT2D eigenvalue weighted by Crippen LogP contribution is 2.39. The van der Waals surface area contributed by atoms with Crippen molar-refractivity contribution in [1.29, 1.82) is 0 Å². The average molecular weight is 715 g/mol. The molecule has 56 heavy (non-hydrogen) atoms. The van der Waals surface area contributed by atoms with Gasteiger partial charge in [0.1, 0.15) is 0 Å². The van der Waals surface area contributed by atoms with E-state index in [0.29, 0.717) is 5.92 Å². The van der Waals surface area contributed by atoms with Gasteiger partial charge in [0.15, 0.2) is 0 Å². The molecule has 0 spiro atoms. The van der Waals surface area contributed by atoms with Crippen LogP contribution in [0.3, 0.4) is 0 Å². The summed E-state index contributed by atoms with van der Waals surface area (Å²) in [7, 11) is 0. The number of aromatic nitrogens is 2. The summed E-state index contributed by atoms with van der Waals surface area (Å²) in [6.07, 6.45) is 9.90. The minimum atomic E-state index is 0.464. The monoisotopic (exact) mass is 714 g/mol. The maximum absolute atomic E-state index is 2.41. The Bertz CT molecular complexity index is 3140. The van der Waals surface area contributed by atoms with Gasteiger partial charge in [-0.05, 0) is 112 Å². The fourth-order valence-electron chi connectivity index (χ4n) is 8.87. The molecule has 0 saturated heterocycles. The molecule has 1 atom stereocenters. The SMILES string of the molecule is C1=CCC(c2ccc(-c3cccc(-c4ccc(-n5c6ccccc6c6cc(-c7ccc8c(c7)c7ccccc7n8-c7ccccc7)ccc65)cc4)c3)cc2)C=C1. The molecule has 0 fully saturated rings. The number of allylic oxidation sites excluding steroid dienone is 4. The lowest BCUT2D eigenvalue weighted by Crippen LogP contribution is -1.95. The van der Waals surface area contributed by atoms with E-state index >= 15 is 0 Å². The van der Waals surface area contributed by atoms with Crippen LogP contribution in [0.1, 0.15) is 17.9 Å². The van der Waals surface area contributed by atoms with Crippen LogP contribution in [-0.2, 0) is 0 Å². The lowest BCUT2D eigenvalue weighted by molar-refractivity contribution is 0.854. The van der Waals surface area contributed by atoms with Gasteiger partial charge in [-0.25, -0.2) is 0 Å². The van der Waals surface area contributed by atoms with Crippen LogP contribution in [-0.4, -0.2) is 9.13 Å². The second-order valence-electron chi connectivity index (χ2n) is 14.9. The molecule has 1 unspecified atom stereocenters. The highest BCUT2D eigenvalue weighted by atomic mass is 15.0. The predicted molar refractivity (Wildman–Crippen MR) is 237 cm³/mol. The Morgan fingerprint density at radius 2 is 0.821 bits per heavy atom. The van der Waals surface area contributed by atoms with E-state index in [1.165, 1.54) is 88.2 Å². The summed E-state index contributed by atoms with van der Waals surface area (Å²) in [5, 5.41) is 5.03. The van der Waals surface area contributed by atoms with Gasteiger partial charge in [-0.1, -0.05) is 146 Å². The van der Waals surface area contributed by atoms with Crippen LogP contribution >= 0.6 is 0 Å². The van der Waals surface area contributed by atoms with Crippen molar-refractivity contribution in [2.24, 2.45) is 0 Å². The number of nitrogens with zero attached hydrogens (tertiary/aromatic N) is 2. The Morgan fingerprint density at radius 1 is 0.339 bits per heavy atom. The molecule has 8 aromatic carbocycles. The normalized spacial score (nSPS) is 14.0. The summed E-state index contributed by atoms with van der Waals surface area (Å²) in [5.41, 5.74) is 15.9. The van der Waals surface area contributed by atoms with Gasteiger partial charge in [0.05, 0.1) is 22.1 Å². The molecule has 264 valence electrons. The van der Waals surface area contributed by atoms with Crippen molar-refractivity contribution in [3.8, 4) is 44.8 Å². The Labute approximate surface area is 326 Å². The molecule has 0 aliphatic heterocycles. The number of fused-ring (bicyclic) bond motifs is 6. The minimum absolute atomic E-state index is 0.464. The van der Waals surface area contributed by atoms with Gasteiger partial charge in [0.2, 0.25) is 0 Å². The third kappa shape index (κ3) is 5.41. The van der Waals surface area contributed by atoms with Gasteiger partial charge >= 0.3 is 0 Å². The molecular formula is C54H38N2. The van der Waals surface area contributed by atoms with Crippen LogP contribution in [0.4, 0.5) is 0 Å². The van der Waals surface area contributed by atoms with E-state index < -0.39 is 0 Å². The molecule has 11 rings (SSSR count). The fourth-order valence-corrected chi connectivity index (χ4v) is 8.87. The van der Waals surface area contributed by atoms with Crippen LogP contribution in [0, 0.1) is 0 Å². The first kappa shape index (κ1) is 32.3. The van der Waals surface area contributed by atoms with Crippen LogP contribution in [0.5, 0.6) is 0 Å². The number of para-hydroxylation sites is 3. The van der Waals surface area contributed by atoms with Crippen molar-refractivity contribution in [2.45, 2.75) is 12.3 Å². The molecule has 2 heteroatoms. The molecule has 2 heterocycles. The molecule has 0 amide bonds. The highest BCUT2D eigenvalue weighted by molar-refractivity contribution is 6.12. The van der Waals surface area contributed by atoms with Crippen molar-refractivity contribution in [1.82, 2.24) is 9.13 Å². The zero-order chi connectivity index (χ0) is 37.0. The number of hydrogen-bond donors (Lipinski definition) is 0. The first-order chi connectivity index (χ1) is 27.8. The smallest absolute Gasteiger partial charge is 0.0541 e. The third-order valence-electron chi connectivity index (χ3n) is 11.7. The highest BCUT2D eigenvalue weighted by Gasteiger charge is 2.16. The van der Waals surface area contributed by atoms with E-state index in [9.17, 15) is 0 Å². The maximum Gasteiger partial charge on any atom is 0.0541 e. The fraction of sp³-hybridized carbons (Fsp3) is 0.0370. The number of hydrogen-bond acceptors (Lipinski definition) is 0. The quantitative estimate of drug-likeness (QED) is 0.162. The molecule has 0 saturated carbocycles. The Balaban J connectivity index is 0.943. The predicted octanol–water partition coefficient (Wildman–Crippen LogP) is 14.5. The lowest BCUT2D eigenvalue weighted by Gasteiger charge is -2.14. The molecule has 2 nitrogen and oxygen atoms in total. The van der Waals surface area contributed by atoms with E-state index in [1.807, 2.05) is 0 Å². The summed E-state index contributed by atoms with van der Waals surface area (Å²) in [5.74, 6) is 0.464. The second-order valence-corrected chi connectivity index (χ2v) is 14.9. The Morgan fingerprint density at radius 3 is 1.39 bits per heavy atom. The van der Waals surface area contributed by atoms with Crippen LogP contribution in [0.15, 0.2) is 212 Å². The molecule has 1 aliphatic carbocycles. The topological polar surface area (TPSA) is 9.86 Å². The Hall–Kier alpha value is -7.16. The molecule has 0 N–H and O–H groups in total. The molecule has 1 aliphatic rings. The first-order valence-corrected chi connectivity index (χ1v) is 19.5. The largest absolute Gasteiger partial charge is 0.309 e. The summed E-state index contributed by atoms with van der Waals surface area (Å²) in [4.78, 5) is 0. The summed E-state index contributed by atoms with van der Waals surface area (Å²) in [6, 6.07) is 69.1. The van der Waals surface area contributed by atoms with Crippen molar-refractivity contribution < 1.29 is 0 Å².